The summed E-state index contributed by atoms with van der Waals surface area (Å²) < 4.78 is 14.9. The maximum atomic E-state index is 12.9. The third-order valence-electron chi connectivity index (χ3n) is 3.66. The van der Waals surface area contributed by atoms with Gasteiger partial charge in [0.25, 0.3) is 0 Å². The zero-order valence-corrected chi connectivity index (χ0v) is 15.5. The second-order valence-electron chi connectivity index (χ2n) is 5.63. The Bertz CT molecular complexity index is 962. The molecule has 7 nitrogen and oxygen atoms in total. The third-order valence-corrected chi connectivity index (χ3v) is 3.89. The number of aliphatic carboxylic acids is 2. The molecule has 0 aliphatic heterocycles. The molecule has 0 unspecified atom stereocenters. The van der Waals surface area contributed by atoms with Crippen molar-refractivity contribution in [3.63, 3.8) is 0 Å². The van der Waals surface area contributed by atoms with Crippen molar-refractivity contribution in [3.05, 3.63) is 71.1 Å². The molecular weight excluding hydrogens is 389 g/mol. The van der Waals surface area contributed by atoms with Crippen LogP contribution in [0, 0.1) is 5.82 Å². The highest BCUT2D eigenvalue weighted by molar-refractivity contribution is 6.30. The molecule has 2 aromatic carbocycles. The smallest absolute Gasteiger partial charge is 0.414 e. The SMILES string of the molecule is Cn1c(-c2cccc(Cl)c2)cnc1NCc1ccc(F)cc1.O=C(O)C(=O)O. The van der Waals surface area contributed by atoms with Gasteiger partial charge in [0.1, 0.15) is 5.82 Å². The van der Waals surface area contributed by atoms with E-state index < -0.39 is 11.9 Å². The van der Waals surface area contributed by atoms with Crippen LogP contribution in [0.5, 0.6) is 0 Å². The number of nitrogens with zero attached hydrogens (tertiary/aromatic N) is 2. The fourth-order valence-corrected chi connectivity index (χ4v) is 2.46. The zero-order valence-electron chi connectivity index (χ0n) is 14.8. The number of hydrogen-bond donors (Lipinski definition) is 3. The first kappa shape index (κ1) is 20.9. The number of carboxylic acids is 2. The van der Waals surface area contributed by atoms with Gasteiger partial charge in [0.15, 0.2) is 0 Å². The second kappa shape index (κ2) is 9.52. The Labute approximate surface area is 165 Å². The topological polar surface area (TPSA) is 104 Å². The van der Waals surface area contributed by atoms with Gasteiger partial charge >= 0.3 is 11.9 Å². The van der Waals surface area contributed by atoms with Crippen molar-refractivity contribution in [2.75, 3.05) is 5.32 Å². The fourth-order valence-electron chi connectivity index (χ4n) is 2.27. The Kier molecular flexibility index (Phi) is 7.11. The van der Waals surface area contributed by atoms with Crippen molar-refractivity contribution in [3.8, 4) is 11.3 Å². The van der Waals surface area contributed by atoms with Crippen molar-refractivity contribution in [2.24, 2.45) is 7.05 Å². The Morgan fingerprint density at radius 2 is 1.79 bits per heavy atom. The first-order valence-corrected chi connectivity index (χ1v) is 8.38. The monoisotopic (exact) mass is 405 g/mol. The number of benzene rings is 2. The van der Waals surface area contributed by atoms with E-state index in [0.717, 1.165) is 22.8 Å². The van der Waals surface area contributed by atoms with Crippen molar-refractivity contribution < 1.29 is 24.2 Å². The minimum atomic E-state index is -1.82. The average molecular weight is 406 g/mol. The number of hydrogen-bond acceptors (Lipinski definition) is 4. The van der Waals surface area contributed by atoms with E-state index in [1.165, 1.54) is 12.1 Å². The number of carbonyl (C=O) groups is 2. The lowest BCUT2D eigenvalue weighted by Crippen LogP contribution is -2.09. The summed E-state index contributed by atoms with van der Waals surface area (Å²) in [5, 5.41) is 18.7. The lowest BCUT2D eigenvalue weighted by molar-refractivity contribution is -0.159. The second-order valence-corrected chi connectivity index (χ2v) is 6.06. The highest BCUT2D eigenvalue weighted by atomic mass is 35.5. The van der Waals surface area contributed by atoms with Crippen molar-refractivity contribution >= 4 is 29.5 Å². The fraction of sp³-hybridized carbons (Fsp3) is 0.105. The summed E-state index contributed by atoms with van der Waals surface area (Å²) in [6.07, 6.45) is 1.80. The van der Waals surface area contributed by atoms with Gasteiger partial charge in [-0.05, 0) is 29.8 Å². The maximum Gasteiger partial charge on any atom is 0.414 e. The normalized spacial score (nSPS) is 9.96. The molecule has 0 saturated carbocycles. The molecular formula is C19H17ClFN3O4. The van der Waals surface area contributed by atoms with Gasteiger partial charge in [-0.15, -0.1) is 0 Å². The maximum absolute atomic E-state index is 12.9. The lowest BCUT2D eigenvalue weighted by Gasteiger charge is -2.09. The van der Waals surface area contributed by atoms with Crippen LogP contribution in [0.1, 0.15) is 5.56 Å². The largest absolute Gasteiger partial charge is 0.473 e. The summed E-state index contributed by atoms with van der Waals surface area (Å²) >= 11 is 6.03. The van der Waals surface area contributed by atoms with Gasteiger partial charge in [-0.25, -0.2) is 19.0 Å². The van der Waals surface area contributed by atoms with Crippen LogP contribution in [0.25, 0.3) is 11.3 Å². The molecule has 28 heavy (non-hydrogen) atoms. The van der Waals surface area contributed by atoms with Gasteiger partial charge in [-0.3, -0.25) is 0 Å². The quantitative estimate of drug-likeness (QED) is 0.572. The van der Waals surface area contributed by atoms with E-state index in [1.54, 1.807) is 18.3 Å². The highest BCUT2D eigenvalue weighted by Gasteiger charge is 2.08. The number of aromatic nitrogens is 2. The molecule has 0 amide bonds. The summed E-state index contributed by atoms with van der Waals surface area (Å²) in [5.41, 5.74) is 2.98. The van der Waals surface area contributed by atoms with Crippen LogP contribution >= 0.6 is 11.6 Å². The number of nitrogens with one attached hydrogen (secondary N) is 1. The molecule has 0 aliphatic rings. The lowest BCUT2D eigenvalue weighted by atomic mass is 10.2. The number of anilines is 1. The van der Waals surface area contributed by atoms with Crippen LogP contribution in [-0.2, 0) is 23.2 Å². The number of rotatable bonds is 4. The molecule has 0 bridgehead atoms. The van der Waals surface area contributed by atoms with Crippen molar-refractivity contribution in [1.29, 1.82) is 0 Å². The predicted octanol–water partition coefficient (Wildman–Crippen LogP) is 3.65. The molecule has 146 valence electrons. The molecule has 0 fully saturated rings. The molecule has 0 spiro atoms. The molecule has 9 heteroatoms. The van der Waals surface area contributed by atoms with Gasteiger partial charge in [-0.1, -0.05) is 35.9 Å². The molecule has 0 aliphatic carbocycles. The number of carboxylic acid groups (broad SMARTS) is 2. The molecule has 3 rings (SSSR count). The van der Waals surface area contributed by atoms with Crippen molar-refractivity contribution in [1.82, 2.24) is 9.55 Å². The van der Waals surface area contributed by atoms with Crippen LogP contribution in [0.15, 0.2) is 54.7 Å². The summed E-state index contributed by atoms with van der Waals surface area (Å²) in [6.45, 7) is 0.583. The predicted molar refractivity (Wildman–Crippen MR) is 103 cm³/mol. The Morgan fingerprint density at radius 1 is 1.14 bits per heavy atom. The summed E-state index contributed by atoms with van der Waals surface area (Å²) in [6, 6.07) is 14.1. The molecule has 1 aromatic heterocycles. The highest BCUT2D eigenvalue weighted by Crippen LogP contribution is 2.24. The van der Waals surface area contributed by atoms with Crippen LogP contribution in [0.2, 0.25) is 5.02 Å². The standard InChI is InChI=1S/C17H15ClFN3.C2H2O4/c1-22-16(13-3-2-4-14(18)9-13)11-21-17(22)20-10-12-5-7-15(19)8-6-12;3-1(4)2(5)6/h2-9,11H,10H2,1H3,(H,20,21);(H,3,4)(H,5,6). The van der Waals surface area contributed by atoms with E-state index in [9.17, 15) is 4.39 Å². The Balaban J connectivity index is 0.000000409. The van der Waals surface area contributed by atoms with E-state index in [2.05, 4.69) is 10.3 Å². The van der Waals surface area contributed by atoms with Crippen molar-refractivity contribution in [2.45, 2.75) is 6.54 Å². The van der Waals surface area contributed by atoms with E-state index in [-0.39, 0.29) is 5.82 Å². The minimum Gasteiger partial charge on any atom is -0.473 e. The molecule has 0 radical (unpaired) electrons. The number of imidazole rings is 1. The van der Waals surface area contributed by atoms with Crippen LogP contribution in [0.3, 0.4) is 0 Å². The Morgan fingerprint density at radius 3 is 2.36 bits per heavy atom. The van der Waals surface area contributed by atoms with Gasteiger partial charge in [-0.2, -0.15) is 0 Å². The number of halogens is 2. The minimum absolute atomic E-state index is 0.232. The first-order chi connectivity index (χ1) is 13.3. The van der Waals surface area contributed by atoms with E-state index in [1.807, 2.05) is 35.9 Å². The van der Waals surface area contributed by atoms with Gasteiger partial charge < -0.3 is 20.1 Å². The summed E-state index contributed by atoms with van der Waals surface area (Å²) in [5.74, 6) is -3.13. The molecule has 0 saturated heterocycles. The summed E-state index contributed by atoms with van der Waals surface area (Å²) in [4.78, 5) is 22.6. The average Bonchev–Trinajstić information content (AvgIpc) is 3.02. The molecule has 0 atom stereocenters. The Hall–Kier alpha value is -3.39. The van der Waals surface area contributed by atoms with Gasteiger partial charge in [0.05, 0.1) is 11.9 Å². The zero-order chi connectivity index (χ0) is 20.7. The molecule has 1 heterocycles. The van der Waals surface area contributed by atoms with Crippen LogP contribution < -0.4 is 5.32 Å². The molecule has 3 aromatic rings. The van der Waals surface area contributed by atoms with Gasteiger partial charge in [0.2, 0.25) is 5.95 Å². The first-order valence-electron chi connectivity index (χ1n) is 8.00. The third kappa shape index (κ3) is 5.82. The summed E-state index contributed by atoms with van der Waals surface area (Å²) in [7, 11) is 1.94. The molecule has 3 N–H and O–H groups in total. The van der Waals surface area contributed by atoms with Crippen LogP contribution in [0.4, 0.5) is 10.3 Å². The van der Waals surface area contributed by atoms with Crippen LogP contribution in [-0.4, -0.2) is 31.7 Å². The van der Waals surface area contributed by atoms with E-state index in [0.29, 0.717) is 11.6 Å². The van der Waals surface area contributed by atoms with E-state index >= 15 is 0 Å². The van der Waals surface area contributed by atoms with Gasteiger partial charge in [0, 0.05) is 24.2 Å². The van der Waals surface area contributed by atoms with E-state index in [4.69, 9.17) is 31.4 Å².